The van der Waals surface area contributed by atoms with Crippen molar-refractivity contribution in [3.05, 3.63) is 33.4 Å². The Morgan fingerprint density at radius 2 is 2.38 bits per heavy atom. The molecule has 2 heterocycles. The molecular formula is C17H17N3O2S2. The van der Waals surface area contributed by atoms with Gasteiger partial charge in [0.25, 0.3) is 5.56 Å². The number of terminal acetylenes is 1. The van der Waals surface area contributed by atoms with Gasteiger partial charge < -0.3 is 5.32 Å². The summed E-state index contributed by atoms with van der Waals surface area (Å²) < 4.78 is 1.60. The molecule has 1 N–H and O–H groups in total. The van der Waals surface area contributed by atoms with Crippen LogP contribution in [0.3, 0.4) is 0 Å². The predicted molar refractivity (Wildman–Crippen MR) is 98.7 cm³/mol. The van der Waals surface area contributed by atoms with E-state index in [9.17, 15) is 9.59 Å². The van der Waals surface area contributed by atoms with E-state index < -0.39 is 0 Å². The monoisotopic (exact) mass is 359 g/mol. The molecule has 1 aliphatic carbocycles. The summed E-state index contributed by atoms with van der Waals surface area (Å²) in [5, 5.41) is 3.90. The maximum atomic E-state index is 12.9. The molecule has 0 aliphatic heterocycles. The molecule has 0 atom stereocenters. The number of thiophene rings is 1. The summed E-state index contributed by atoms with van der Waals surface area (Å²) in [5.74, 6) is 2.35. The van der Waals surface area contributed by atoms with Gasteiger partial charge in [0.15, 0.2) is 5.16 Å². The second-order valence-corrected chi connectivity index (χ2v) is 7.43. The molecule has 0 aromatic carbocycles. The number of nitrogens with zero attached hydrogens (tertiary/aromatic N) is 2. The van der Waals surface area contributed by atoms with Crippen LogP contribution in [-0.2, 0) is 24.2 Å². The fourth-order valence-electron chi connectivity index (χ4n) is 2.79. The molecule has 0 radical (unpaired) electrons. The lowest BCUT2D eigenvalue weighted by molar-refractivity contribution is -0.118. The van der Waals surface area contributed by atoms with E-state index in [1.165, 1.54) is 16.6 Å². The molecule has 7 heteroatoms. The average molecular weight is 359 g/mol. The second kappa shape index (κ2) is 7.24. The minimum Gasteiger partial charge on any atom is -0.344 e. The van der Waals surface area contributed by atoms with E-state index in [-0.39, 0.29) is 23.8 Å². The third-order valence-electron chi connectivity index (χ3n) is 3.82. The molecule has 124 valence electrons. The minimum absolute atomic E-state index is 0.0363. The van der Waals surface area contributed by atoms with Crippen molar-refractivity contribution in [3.63, 3.8) is 0 Å². The van der Waals surface area contributed by atoms with Crippen LogP contribution >= 0.6 is 23.1 Å². The minimum atomic E-state index is -0.175. The Kier molecular flexibility index (Phi) is 5.07. The molecule has 0 saturated carbocycles. The normalized spacial score (nSPS) is 12.8. The molecule has 0 spiro atoms. The number of aryl methyl sites for hydroxylation is 2. The number of rotatable bonds is 6. The number of hydrogen-bond donors (Lipinski definition) is 1. The summed E-state index contributed by atoms with van der Waals surface area (Å²) >= 11 is 2.84. The molecule has 24 heavy (non-hydrogen) atoms. The van der Waals surface area contributed by atoms with Crippen molar-refractivity contribution in [2.45, 2.75) is 31.0 Å². The topological polar surface area (TPSA) is 64.0 Å². The third-order valence-corrected chi connectivity index (χ3v) is 5.98. The molecule has 1 aliphatic rings. The zero-order chi connectivity index (χ0) is 17.1. The van der Waals surface area contributed by atoms with Crippen molar-refractivity contribution >= 4 is 39.2 Å². The van der Waals surface area contributed by atoms with Crippen molar-refractivity contribution < 1.29 is 4.79 Å². The molecule has 0 saturated heterocycles. The van der Waals surface area contributed by atoms with Gasteiger partial charge in [-0.15, -0.1) is 24.3 Å². The van der Waals surface area contributed by atoms with Crippen LogP contribution in [0.1, 0.15) is 16.9 Å². The molecule has 2 aromatic heterocycles. The highest BCUT2D eigenvalue weighted by Gasteiger charge is 2.23. The van der Waals surface area contributed by atoms with Crippen LogP contribution in [0.15, 0.2) is 22.6 Å². The largest absolute Gasteiger partial charge is 0.344 e. The zero-order valence-corrected chi connectivity index (χ0v) is 14.8. The van der Waals surface area contributed by atoms with Gasteiger partial charge in [-0.1, -0.05) is 23.8 Å². The number of nitrogens with one attached hydrogen (secondary N) is 1. The number of aromatic nitrogens is 2. The fourth-order valence-corrected chi connectivity index (χ4v) is 4.93. The Labute approximate surface area is 148 Å². The van der Waals surface area contributed by atoms with Crippen LogP contribution in [0.25, 0.3) is 10.2 Å². The lowest BCUT2D eigenvalue weighted by Crippen LogP contribution is -2.27. The predicted octanol–water partition coefficient (Wildman–Crippen LogP) is 1.97. The second-order valence-electron chi connectivity index (χ2n) is 5.41. The van der Waals surface area contributed by atoms with E-state index in [0.717, 1.165) is 35.0 Å². The highest BCUT2D eigenvalue weighted by Crippen LogP contribution is 2.35. The van der Waals surface area contributed by atoms with Gasteiger partial charge in [-0.05, 0) is 24.8 Å². The quantitative estimate of drug-likeness (QED) is 0.371. The molecule has 3 rings (SSSR count). The van der Waals surface area contributed by atoms with E-state index in [2.05, 4.69) is 22.8 Å². The number of amides is 1. The van der Waals surface area contributed by atoms with Gasteiger partial charge in [0.1, 0.15) is 4.83 Å². The molecule has 0 bridgehead atoms. The van der Waals surface area contributed by atoms with Crippen molar-refractivity contribution in [1.82, 2.24) is 14.9 Å². The van der Waals surface area contributed by atoms with Gasteiger partial charge in [-0.2, -0.15) is 0 Å². The summed E-state index contributed by atoms with van der Waals surface area (Å²) in [6, 6.07) is 0. The summed E-state index contributed by atoms with van der Waals surface area (Å²) in [6.07, 6.45) is 9.87. The van der Waals surface area contributed by atoms with Gasteiger partial charge in [0.2, 0.25) is 5.91 Å². The lowest BCUT2D eigenvalue weighted by Gasteiger charge is -2.10. The Morgan fingerprint density at radius 1 is 1.54 bits per heavy atom. The van der Waals surface area contributed by atoms with E-state index in [0.29, 0.717) is 11.7 Å². The number of allylic oxidation sites excluding steroid dienone is 1. The van der Waals surface area contributed by atoms with Crippen molar-refractivity contribution in [3.8, 4) is 12.3 Å². The van der Waals surface area contributed by atoms with E-state index in [1.54, 1.807) is 22.0 Å². The van der Waals surface area contributed by atoms with Crippen LogP contribution in [-0.4, -0.2) is 27.8 Å². The first-order valence-electron chi connectivity index (χ1n) is 7.64. The third kappa shape index (κ3) is 3.12. The summed E-state index contributed by atoms with van der Waals surface area (Å²) in [7, 11) is 0. The van der Waals surface area contributed by atoms with Gasteiger partial charge >= 0.3 is 0 Å². The van der Waals surface area contributed by atoms with E-state index in [1.807, 2.05) is 0 Å². The molecular weight excluding hydrogens is 342 g/mol. The summed E-state index contributed by atoms with van der Waals surface area (Å²) in [6.45, 7) is 4.29. The number of carbonyl (C=O) groups is 1. The smallest absolute Gasteiger partial charge is 0.263 e. The lowest BCUT2D eigenvalue weighted by atomic mass is 10.2. The van der Waals surface area contributed by atoms with Crippen molar-refractivity contribution in [2.24, 2.45) is 0 Å². The Morgan fingerprint density at radius 3 is 3.12 bits per heavy atom. The number of fused-ring (bicyclic) bond motifs is 3. The van der Waals surface area contributed by atoms with Crippen LogP contribution in [0.2, 0.25) is 0 Å². The number of hydrogen-bond acceptors (Lipinski definition) is 5. The highest BCUT2D eigenvalue weighted by atomic mass is 32.2. The molecule has 2 aromatic rings. The van der Waals surface area contributed by atoms with Crippen molar-refractivity contribution in [1.29, 1.82) is 0 Å². The van der Waals surface area contributed by atoms with E-state index in [4.69, 9.17) is 6.42 Å². The van der Waals surface area contributed by atoms with Gasteiger partial charge in [0.05, 0.1) is 17.7 Å². The Hall–Kier alpha value is -2.04. The maximum absolute atomic E-state index is 12.9. The summed E-state index contributed by atoms with van der Waals surface area (Å²) in [4.78, 5) is 31.4. The summed E-state index contributed by atoms with van der Waals surface area (Å²) in [5.41, 5.74) is 1.12. The van der Waals surface area contributed by atoms with E-state index >= 15 is 0 Å². The molecule has 1 amide bonds. The van der Waals surface area contributed by atoms with Crippen LogP contribution in [0.4, 0.5) is 0 Å². The SMILES string of the molecule is C#CCNC(=O)CSc1nc2sc3c(c2c(=O)n1CC=C)CCC3. The standard InChI is InChI=1S/C17H17N3O2S2/c1-3-8-18-13(21)10-23-17-19-15-14(16(22)20(17)9-4-2)11-6-5-7-12(11)24-15/h1,4H,2,5-10H2,(H,18,21). The van der Waals surface area contributed by atoms with Gasteiger partial charge in [0, 0.05) is 11.4 Å². The first-order chi connectivity index (χ1) is 11.7. The van der Waals surface area contributed by atoms with Crippen LogP contribution < -0.4 is 10.9 Å². The highest BCUT2D eigenvalue weighted by molar-refractivity contribution is 7.99. The van der Waals surface area contributed by atoms with Crippen molar-refractivity contribution in [2.75, 3.05) is 12.3 Å². The first kappa shape index (κ1) is 16.8. The maximum Gasteiger partial charge on any atom is 0.263 e. The average Bonchev–Trinajstić information content (AvgIpc) is 3.14. The fraction of sp³-hybridized carbons (Fsp3) is 0.353. The van der Waals surface area contributed by atoms with Gasteiger partial charge in [-0.3, -0.25) is 14.2 Å². The Bertz CT molecular complexity index is 905. The molecule has 5 nitrogen and oxygen atoms in total. The van der Waals surface area contributed by atoms with Crippen LogP contribution in [0.5, 0.6) is 0 Å². The Balaban J connectivity index is 1.96. The zero-order valence-electron chi connectivity index (χ0n) is 13.1. The first-order valence-corrected chi connectivity index (χ1v) is 9.44. The molecule has 0 unspecified atom stereocenters. The number of carbonyl (C=O) groups excluding carboxylic acids is 1. The van der Waals surface area contributed by atoms with Crippen LogP contribution in [0, 0.1) is 12.3 Å². The molecule has 0 fully saturated rings. The number of thioether (sulfide) groups is 1. The van der Waals surface area contributed by atoms with Gasteiger partial charge in [-0.25, -0.2) is 4.98 Å².